The lowest BCUT2D eigenvalue weighted by molar-refractivity contribution is -0.141. The van der Waals surface area contributed by atoms with E-state index >= 15 is 0 Å². The molecule has 110 valence electrons. The van der Waals surface area contributed by atoms with Crippen molar-refractivity contribution >= 4 is 5.91 Å². The van der Waals surface area contributed by atoms with Crippen LogP contribution in [0.15, 0.2) is 12.1 Å². The van der Waals surface area contributed by atoms with Gasteiger partial charge in [0.25, 0.3) is 0 Å². The van der Waals surface area contributed by atoms with Gasteiger partial charge in [-0.3, -0.25) is 9.80 Å². The molecule has 2 rings (SSSR count). The van der Waals surface area contributed by atoms with Gasteiger partial charge in [0.05, 0.1) is 12.2 Å². The Bertz CT molecular complexity index is 471. The minimum absolute atomic E-state index is 0.00359. The van der Waals surface area contributed by atoms with Crippen molar-refractivity contribution in [3.63, 3.8) is 0 Å². The molecule has 8 heteroatoms. The van der Waals surface area contributed by atoms with E-state index in [4.69, 9.17) is 0 Å². The summed E-state index contributed by atoms with van der Waals surface area (Å²) in [6, 6.07) is 2.11. The molecule has 0 aromatic carbocycles. The van der Waals surface area contributed by atoms with Crippen molar-refractivity contribution in [1.29, 1.82) is 0 Å². The smallest absolute Gasteiger partial charge is 0.281 e. The maximum absolute atomic E-state index is 12.3. The second kappa shape index (κ2) is 5.74. The highest BCUT2D eigenvalue weighted by atomic mass is 19.4. The van der Waals surface area contributed by atoms with E-state index in [2.05, 4.69) is 15.6 Å². The topological polar surface area (TPSA) is 58.1 Å². The molecule has 0 atom stereocenters. The number of halogens is 3. The van der Waals surface area contributed by atoms with Crippen LogP contribution in [0.1, 0.15) is 30.7 Å². The molecule has 1 N–H and O–H groups in total. The second-order valence-electron chi connectivity index (χ2n) is 4.77. The zero-order valence-corrected chi connectivity index (χ0v) is 10.9. The Hall–Kier alpha value is -1.70. The standard InChI is InChI=1S/C12H15F3N4O/c1-19(11(20)8-3-2-4-8)16-7-9-5-6-10(18-17-9)12(13,14)15/h5-6,8,16H,2-4,7H2,1H3. The molecule has 1 aromatic rings. The predicted octanol–water partition coefficient (Wildman–Crippen LogP) is 1.76. The van der Waals surface area contributed by atoms with Crippen molar-refractivity contribution in [2.24, 2.45) is 5.92 Å². The minimum Gasteiger partial charge on any atom is -0.281 e. The summed E-state index contributed by atoms with van der Waals surface area (Å²) in [5.74, 6) is 0.0577. The van der Waals surface area contributed by atoms with Gasteiger partial charge in [-0.1, -0.05) is 6.42 Å². The Morgan fingerprint density at radius 1 is 1.40 bits per heavy atom. The van der Waals surface area contributed by atoms with E-state index in [0.717, 1.165) is 25.3 Å². The average Bonchev–Trinajstić information content (AvgIpc) is 2.33. The number of hydrazine groups is 1. The Morgan fingerprint density at radius 2 is 2.10 bits per heavy atom. The summed E-state index contributed by atoms with van der Waals surface area (Å²) in [5, 5.41) is 7.97. The van der Waals surface area contributed by atoms with Gasteiger partial charge in [0.15, 0.2) is 5.69 Å². The number of hydrogen-bond acceptors (Lipinski definition) is 4. The minimum atomic E-state index is -4.49. The van der Waals surface area contributed by atoms with Gasteiger partial charge >= 0.3 is 6.18 Å². The first-order valence-electron chi connectivity index (χ1n) is 6.29. The van der Waals surface area contributed by atoms with Crippen LogP contribution in [0, 0.1) is 5.92 Å². The molecule has 1 saturated carbocycles. The highest BCUT2D eigenvalue weighted by Crippen LogP contribution is 2.28. The van der Waals surface area contributed by atoms with E-state index in [0.29, 0.717) is 5.69 Å². The van der Waals surface area contributed by atoms with Gasteiger partial charge in [-0.25, -0.2) is 5.43 Å². The third-order valence-electron chi connectivity index (χ3n) is 3.29. The molecule has 1 amide bonds. The number of amides is 1. The number of hydrogen-bond donors (Lipinski definition) is 1. The Labute approximate surface area is 114 Å². The third-order valence-corrected chi connectivity index (χ3v) is 3.29. The van der Waals surface area contributed by atoms with Crippen LogP contribution < -0.4 is 5.43 Å². The molecule has 1 aromatic heterocycles. The van der Waals surface area contributed by atoms with Gasteiger partial charge in [0, 0.05) is 13.0 Å². The lowest BCUT2D eigenvalue weighted by atomic mass is 9.85. The first-order valence-corrected chi connectivity index (χ1v) is 6.29. The summed E-state index contributed by atoms with van der Waals surface area (Å²) in [4.78, 5) is 11.8. The maximum atomic E-state index is 12.3. The molecule has 1 fully saturated rings. The summed E-state index contributed by atoms with van der Waals surface area (Å²) >= 11 is 0. The van der Waals surface area contributed by atoms with Crippen molar-refractivity contribution in [1.82, 2.24) is 20.6 Å². The fourth-order valence-corrected chi connectivity index (χ4v) is 1.81. The number of nitrogens with zero attached hydrogens (tertiary/aromatic N) is 3. The zero-order chi connectivity index (χ0) is 14.8. The number of carbonyl (C=O) groups is 1. The van der Waals surface area contributed by atoms with Gasteiger partial charge in [0.2, 0.25) is 5.91 Å². The molecule has 1 aliphatic carbocycles. The second-order valence-corrected chi connectivity index (χ2v) is 4.77. The fraction of sp³-hybridized carbons (Fsp3) is 0.583. The Balaban J connectivity index is 1.86. The summed E-state index contributed by atoms with van der Waals surface area (Å²) < 4.78 is 36.9. The van der Waals surface area contributed by atoms with Gasteiger partial charge in [0.1, 0.15) is 0 Å². The quantitative estimate of drug-likeness (QED) is 0.858. The van der Waals surface area contributed by atoms with E-state index in [1.165, 1.54) is 11.1 Å². The normalized spacial score (nSPS) is 15.8. The van der Waals surface area contributed by atoms with Crippen molar-refractivity contribution in [2.75, 3.05) is 7.05 Å². The highest BCUT2D eigenvalue weighted by Gasteiger charge is 2.33. The van der Waals surface area contributed by atoms with Crippen molar-refractivity contribution < 1.29 is 18.0 Å². The molecular formula is C12H15F3N4O. The summed E-state index contributed by atoms with van der Waals surface area (Å²) in [6.45, 7) is 0.153. The molecular weight excluding hydrogens is 273 g/mol. The van der Waals surface area contributed by atoms with Gasteiger partial charge in [-0.05, 0) is 25.0 Å². The Morgan fingerprint density at radius 3 is 2.55 bits per heavy atom. The molecule has 0 radical (unpaired) electrons. The van der Waals surface area contributed by atoms with Crippen LogP contribution in [0.25, 0.3) is 0 Å². The van der Waals surface area contributed by atoms with Crippen LogP contribution in [-0.4, -0.2) is 28.2 Å². The first kappa shape index (κ1) is 14.7. The van der Waals surface area contributed by atoms with Crippen LogP contribution >= 0.6 is 0 Å². The van der Waals surface area contributed by atoms with Crippen LogP contribution in [0.5, 0.6) is 0 Å². The van der Waals surface area contributed by atoms with Gasteiger partial charge in [-0.2, -0.15) is 18.3 Å². The monoisotopic (exact) mass is 288 g/mol. The highest BCUT2D eigenvalue weighted by molar-refractivity contribution is 5.78. The first-order chi connectivity index (χ1) is 9.38. The predicted molar refractivity (Wildman–Crippen MR) is 64.0 cm³/mol. The van der Waals surface area contributed by atoms with Gasteiger partial charge < -0.3 is 0 Å². The van der Waals surface area contributed by atoms with E-state index in [1.54, 1.807) is 7.05 Å². The van der Waals surface area contributed by atoms with Crippen LogP contribution in [0.3, 0.4) is 0 Å². The number of nitrogens with one attached hydrogen (secondary N) is 1. The number of alkyl halides is 3. The van der Waals surface area contributed by atoms with E-state index in [-0.39, 0.29) is 18.4 Å². The number of carbonyl (C=O) groups excluding carboxylic acids is 1. The summed E-state index contributed by atoms with van der Waals surface area (Å²) in [7, 11) is 1.60. The molecule has 0 bridgehead atoms. The van der Waals surface area contributed by atoms with E-state index < -0.39 is 11.9 Å². The molecule has 1 heterocycles. The molecule has 5 nitrogen and oxygen atoms in total. The van der Waals surface area contributed by atoms with Crippen molar-refractivity contribution in [3.8, 4) is 0 Å². The third kappa shape index (κ3) is 3.44. The van der Waals surface area contributed by atoms with Crippen LogP contribution in [0.4, 0.5) is 13.2 Å². The van der Waals surface area contributed by atoms with Crippen LogP contribution in [0.2, 0.25) is 0 Å². The lowest BCUT2D eigenvalue weighted by Crippen LogP contribution is -2.44. The maximum Gasteiger partial charge on any atom is 0.435 e. The Kier molecular flexibility index (Phi) is 4.22. The summed E-state index contributed by atoms with van der Waals surface area (Å²) in [6.07, 6.45) is -1.64. The van der Waals surface area contributed by atoms with Crippen molar-refractivity contribution in [2.45, 2.75) is 32.0 Å². The SMILES string of the molecule is CN(NCc1ccc(C(F)(F)F)nn1)C(=O)C1CCC1. The average molecular weight is 288 g/mol. The molecule has 0 unspecified atom stereocenters. The molecule has 0 aliphatic heterocycles. The van der Waals surface area contributed by atoms with Crippen molar-refractivity contribution in [3.05, 3.63) is 23.5 Å². The van der Waals surface area contributed by atoms with Crippen LogP contribution in [-0.2, 0) is 17.5 Å². The number of rotatable bonds is 4. The fourth-order valence-electron chi connectivity index (χ4n) is 1.81. The van der Waals surface area contributed by atoms with E-state index in [9.17, 15) is 18.0 Å². The lowest BCUT2D eigenvalue weighted by Gasteiger charge is -2.29. The molecule has 20 heavy (non-hydrogen) atoms. The largest absolute Gasteiger partial charge is 0.435 e. The molecule has 1 aliphatic rings. The zero-order valence-electron chi connectivity index (χ0n) is 10.9. The number of aromatic nitrogens is 2. The molecule has 0 spiro atoms. The van der Waals surface area contributed by atoms with E-state index in [1.807, 2.05) is 0 Å². The van der Waals surface area contributed by atoms with Gasteiger partial charge in [-0.15, -0.1) is 5.10 Å². The summed E-state index contributed by atoms with van der Waals surface area (Å²) in [5.41, 5.74) is 2.12. The molecule has 0 saturated heterocycles.